The van der Waals surface area contributed by atoms with Crippen LogP contribution >= 0.6 is 0 Å². The normalized spacial score (nSPS) is 15.2. The molecule has 1 atom stereocenters. The number of fused-ring (bicyclic) bond motifs is 3. The van der Waals surface area contributed by atoms with Crippen LogP contribution in [0.4, 0.5) is 4.39 Å². The number of carboxylic acid groups (broad SMARTS) is 1. The van der Waals surface area contributed by atoms with Gasteiger partial charge in [0, 0.05) is 16.6 Å². The number of carbonyl (C=O) groups is 2. The van der Waals surface area contributed by atoms with Gasteiger partial charge in [-0.2, -0.15) is 0 Å². The highest BCUT2D eigenvalue weighted by atomic mass is 19.1. The number of carbonyl (C=O) groups excluding carboxylic acids is 1. The maximum Gasteiger partial charge on any atom is 0.306 e. The number of hydrogen-bond acceptors (Lipinski definition) is 3. The van der Waals surface area contributed by atoms with Crippen LogP contribution in [0.2, 0.25) is 0 Å². The third-order valence-electron chi connectivity index (χ3n) is 6.22. The molecule has 0 bridgehead atoms. The number of rotatable bonds is 5. The largest absolute Gasteiger partial charge is 0.489 e. The Kier molecular flexibility index (Phi) is 5.42. The lowest BCUT2D eigenvalue weighted by atomic mass is 9.86. The lowest BCUT2D eigenvalue weighted by molar-refractivity contribution is -0.142. The average Bonchev–Trinajstić information content (AvgIpc) is 3.16. The molecule has 1 aliphatic carbocycles. The molecule has 4 aromatic rings. The predicted molar refractivity (Wildman–Crippen MR) is 122 cm³/mol. The highest BCUT2D eigenvalue weighted by Gasteiger charge is 2.31. The Balaban J connectivity index is 1.57. The van der Waals surface area contributed by atoms with E-state index < -0.39 is 17.7 Å². The monoisotopic (exact) mass is 443 g/mol. The van der Waals surface area contributed by atoms with Crippen molar-refractivity contribution in [2.75, 3.05) is 0 Å². The topological polar surface area (TPSA) is 68.5 Å². The lowest BCUT2D eigenvalue weighted by Crippen LogP contribution is -2.24. The van der Waals surface area contributed by atoms with E-state index in [1.54, 1.807) is 4.57 Å². The number of nitrogens with zero attached hydrogens (tertiary/aromatic N) is 1. The molecule has 1 N–H and O–H groups in total. The summed E-state index contributed by atoms with van der Waals surface area (Å²) in [6.07, 6.45) is 1.30. The molecule has 0 saturated carbocycles. The quantitative estimate of drug-likeness (QED) is 0.458. The van der Waals surface area contributed by atoms with Gasteiger partial charge in [-0.05, 0) is 72.9 Å². The SMILES string of the molecule is O=C(O)C1CCc2c(c3cc(OCc4ccccc4)ccc3n2C(=O)c2ccc(F)cc2)C1. The highest BCUT2D eigenvalue weighted by molar-refractivity contribution is 6.04. The second-order valence-electron chi connectivity index (χ2n) is 8.30. The first-order chi connectivity index (χ1) is 16.0. The fraction of sp³-hybridized carbons (Fsp3) is 0.185. The molecule has 5 nitrogen and oxygen atoms in total. The van der Waals surface area contributed by atoms with E-state index in [1.807, 2.05) is 48.5 Å². The summed E-state index contributed by atoms with van der Waals surface area (Å²) in [6, 6.07) is 20.8. The van der Waals surface area contributed by atoms with Crippen LogP contribution in [0.25, 0.3) is 10.9 Å². The van der Waals surface area contributed by atoms with Crippen LogP contribution in [0.1, 0.15) is 33.6 Å². The van der Waals surface area contributed by atoms with Crippen molar-refractivity contribution in [1.29, 1.82) is 0 Å². The first-order valence-corrected chi connectivity index (χ1v) is 10.9. The summed E-state index contributed by atoms with van der Waals surface area (Å²) in [5, 5.41) is 10.4. The van der Waals surface area contributed by atoms with Crippen LogP contribution in [-0.2, 0) is 24.2 Å². The van der Waals surface area contributed by atoms with Gasteiger partial charge in [0.15, 0.2) is 0 Å². The van der Waals surface area contributed by atoms with E-state index in [2.05, 4.69) is 0 Å². The molecule has 3 aromatic carbocycles. The van der Waals surface area contributed by atoms with Crippen molar-refractivity contribution >= 4 is 22.8 Å². The van der Waals surface area contributed by atoms with E-state index in [9.17, 15) is 19.1 Å². The third kappa shape index (κ3) is 4.00. The second-order valence-corrected chi connectivity index (χ2v) is 8.30. The lowest BCUT2D eigenvalue weighted by Gasteiger charge is -2.20. The summed E-state index contributed by atoms with van der Waals surface area (Å²) >= 11 is 0. The van der Waals surface area contributed by atoms with Crippen molar-refractivity contribution < 1.29 is 23.8 Å². The zero-order chi connectivity index (χ0) is 22.9. The van der Waals surface area contributed by atoms with Crippen molar-refractivity contribution in [1.82, 2.24) is 4.57 Å². The zero-order valence-electron chi connectivity index (χ0n) is 17.8. The maximum absolute atomic E-state index is 13.4. The van der Waals surface area contributed by atoms with Crippen LogP contribution in [0.3, 0.4) is 0 Å². The molecule has 0 spiro atoms. The van der Waals surface area contributed by atoms with Gasteiger partial charge in [0.25, 0.3) is 5.91 Å². The van der Waals surface area contributed by atoms with Crippen LogP contribution in [-0.4, -0.2) is 21.6 Å². The molecule has 1 unspecified atom stereocenters. The Bertz CT molecular complexity index is 1340. The maximum atomic E-state index is 13.4. The molecule has 6 heteroatoms. The first-order valence-electron chi connectivity index (χ1n) is 10.9. The molecule has 1 aromatic heterocycles. The van der Waals surface area contributed by atoms with Crippen molar-refractivity contribution in [2.24, 2.45) is 5.92 Å². The van der Waals surface area contributed by atoms with Gasteiger partial charge >= 0.3 is 5.97 Å². The van der Waals surface area contributed by atoms with E-state index in [0.717, 1.165) is 22.2 Å². The predicted octanol–water partition coefficient (Wildman–Crippen LogP) is 5.24. The van der Waals surface area contributed by atoms with E-state index in [4.69, 9.17) is 4.74 Å². The molecule has 0 aliphatic heterocycles. The minimum atomic E-state index is -0.831. The number of hydrogen-bond donors (Lipinski definition) is 1. The molecule has 1 heterocycles. The standard InChI is InChI=1S/C27H22FNO4/c28-20-9-6-18(7-10-20)26(30)29-24-12-8-19(27(31)32)14-22(24)23-15-21(11-13-25(23)29)33-16-17-4-2-1-3-5-17/h1-7,9-11,13,15,19H,8,12,14,16H2,(H,31,32). The van der Waals surface area contributed by atoms with E-state index >= 15 is 0 Å². The van der Waals surface area contributed by atoms with Gasteiger partial charge < -0.3 is 9.84 Å². The number of aliphatic carboxylic acids is 1. The van der Waals surface area contributed by atoms with Crippen molar-refractivity contribution in [3.8, 4) is 5.75 Å². The van der Waals surface area contributed by atoms with Gasteiger partial charge in [0.2, 0.25) is 0 Å². The Morgan fingerprint density at radius 3 is 2.52 bits per heavy atom. The highest BCUT2D eigenvalue weighted by Crippen LogP contribution is 2.37. The summed E-state index contributed by atoms with van der Waals surface area (Å²) in [6.45, 7) is 0.404. The number of halogens is 1. The Morgan fingerprint density at radius 1 is 1.03 bits per heavy atom. The number of aromatic nitrogens is 1. The Hall–Kier alpha value is -3.93. The summed E-state index contributed by atoms with van der Waals surface area (Å²) < 4.78 is 21.0. The summed E-state index contributed by atoms with van der Waals surface area (Å²) in [5.41, 5.74) is 3.80. The molecule has 0 saturated heterocycles. The molecule has 1 aliphatic rings. The van der Waals surface area contributed by atoms with Crippen molar-refractivity contribution in [3.63, 3.8) is 0 Å². The summed E-state index contributed by atoms with van der Waals surface area (Å²) in [4.78, 5) is 25.1. The van der Waals surface area contributed by atoms with Gasteiger partial charge in [-0.3, -0.25) is 14.2 Å². The molecule has 166 valence electrons. The summed E-state index contributed by atoms with van der Waals surface area (Å²) in [5.74, 6) is -1.34. The molecule has 5 rings (SSSR count). The average molecular weight is 443 g/mol. The van der Waals surface area contributed by atoms with Crippen LogP contribution in [0, 0.1) is 11.7 Å². The molecule has 0 fully saturated rings. The number of ether oxygens (including phenoxy) is 1. The molecule has 0 radical (unpaired) electrons. The molecular formula is C27H22FNO4. The molecule has 0 amide bonds. The van der Waals surface area contributed by atoms with Gasteiger partial charge in [-0.1, -0.05) is 30.3 Å². The number of benzene rings is 3. The smallest absolute Gasteiger partial charge is 0.306 e. The minimum Gasteiger partial charge on any atom is -0.489 e. The van der Waals surface area contributed by atoms with E-state index in [1.165, 1.54) is 24.3 Å². The third-order valence-corrected chi connectivity index (χ3v) is 6.22. The first kappa shape index (κ1) is 20.9. The van der Waals surface area contributed by atoms with E-state index in [0.29, 0.717) is 42.7 Å². The molecular weight excluding hydrogens is 421 g/mol. The zero-order valence-corrected chi connectivity index (χ0v) is 17.8. The Labute approximate surface area is 190 Å². The Morgan fingerprint density at radius 2 is 1.79 bits per heavy atom. The molecule has 33 heavy (non-hydrogen) atoms. The van der Waals surface area contributed by atoms with Crippen molar-refractivity contribution in [2.45, 2.75) is 25.9 Å². The summed E-state index contributed by atoms with van der Waals surface area (Å²) in [7, 11) is 0. The van der Waals surface area contributed by atoms with Crippen LogP contribution in [0.15, 0.2) is 72.8 Å². The van der Waals surface area contributed by atoms with Gasteiger partial charge in [0.05, 0.1) is 11.4 Å². The van der Waals surface area contributed by atoms with Gasteiger partial charge in [-0.25, -0.2) is 4.39 Å². The second kappa shape index (κ2) is 8.54. The fourth-order valence-corrected chi connectivity index (χ4v) is 4.53. The van der Waals surface area contributed by atoms with E-state index in [-0.39, 0.29) is 5.91 Å². The number of carboxylic acids is 1. The van der Waals surface area contributed by atoms with Crippen LogP contribution < -0.4 is 4.74 Å². The van der Waals surface area contributed by atoms with Gasteiger partial charge in [0.1, 0.15) is 18.2 Å². The minimum absolute atomic E-state index is 0.257. The van der Waals surface area contributed by atoms with Crippen LogP contribution in [0.5, 0.6) is 5.75 Å². The van der Waals surface area contributed by atoms with Gasteiger partial charge in [-0.15, -0.1) is 0 Å². The van der Waals surface area contributed by atoms with Crippen molar-refractivity contribution in [3.05, 3.63) is 101 Å². The fourth-order valence-electron chi connectivity index (χ4n) is 4.53.